The Labute approximate surface area is 114 Å². The van der Waals surface area contributed by atoms with Gasteiger partial charge in [0, 0.05) is 26.1 Å². The average Bonchev–Trinajstić information content (AvgIpc) is 2.43. The molecule has 106 valence electrons. The molecule has 0 radical (unpaired) electrons. The highest BCUT2D eigenvalue weighted by atomic mass is 16.5. The molecule has 0 bridgehead atoms. The normalized spacial score (nSPS) is 10.5. The van der Waals surface area contributed by atoms with Crippen LogP contribution in [-0.4, -0.2) is 51.6 Å². The molecule has 0 heterocycles. The highest BCUT2D eigenvalue weighted by molar-refractivity contribution is 5.92. The summed E-state index contributed by atoms with van der Waals surface area (Å²) in [6, 6.07) is 7.41. The molecule has 0 atom stereocenters. The number of anilines is 1. The molecular formula is C14H23N3O2. The van der Waals surface area contributed by atoms with E-state index in [0.29, 0.717) is 17.9 Å². The highest BCUT2D eigenvalue weighted by Crippen LogP contribution is 2.22. The Morgan fingerprint density at radius 2 is 2.05 bits per heavy atom. The molecule has 0 aliphatic rings. The predicted octanol–water partition coefficient (Wildman–Crippen LogP) is 1.17. The van der Waals surface area contributed by atoms with E-state index in [2.05, 4.69) is 15.5 Å². The Morgan fingerprint density at radius 1 is 1.32 bits per heavy atom. The number of carbonyl (C=O) groups is 1. The Morgan fingerprint density at radius 3 is 2.74 bits per heavy atom. The maximum atomic E-state index is 11.8. The van der Waals surface area contributed by atoms with E-state index in [-0.39, 0.29) is 5.91 Å². The maximum absolute atomic E-state index is 11.8. The molecule has 0 unspecified atom stereocenters. The summed E-state index contributed by atoms with van der Waals surface area (Å²) in [6.45, 7) is 2.59. The monoisotopic (exact) mass is 265 g/mol. The zero-order chi connectivity index (χ0) is 14.1. The predicted molar refractivity (Wildman–Crippen MR) is 77.7 cm³/mol. The molecule has 19 heavy (non-hydrogen) atoms. The zero-order valence-corrected chi connectivity index (χ0v) is 11.9. The molecule has 0 aliphatic heterocycles. The molecule has 5 nitrogen and oxygen atoms in total. The number of hydrogen-bond acceptors (Lipinski definition) is 4. The van der Waals surface area contributed by atoms with Crippen molar-refractivity contribution < 1.29 is 9.53 Å². The average molecular weight is 265 g/mol. The van der Waals surface area contributed by atoms with Gasteiger partial charge in [0.05, 0.1) is 12.8 Å². The number of amides is 1. The van der Waals surface area contributed by atoms with E-state index >= 15 is 0 Å². The van der Waals surface area contributed by atoms with Crippen molar-refractivity contribution >= 4 is 11.6 Å². The van der Waals surface area contributed by atoms with Crippen molar-refractivity contribution in [2.24, 2.45) is 0 Å². The van der Waals surface area contributed by atoms with Crippen LogP contribution in [0.5, 0.6) is 5.75 Å². The van der Waals surface area contributed by atoms with Gasteiger partial charge in [0.1, 0.15) is 5.75 Å². The van der Waals surface area contributed by atoms with Crippen LogP contribution in [-0.2, 0) is 4.79 Å². The van der Waals surface area contributed by atoms with Crippen molar-refractivity contribution in [1.29, 1.82) is 0 Å². The summed E-state index contributed by atoms with van der Waals surface area (Å²) in [5, 5.41) is 5.95. The van der Waals surface area contributed by atoms with Gasteiger partial charge in [-0.25, -0.2) is 0 Å². The van der Waals surface area contributed by atoms with E-state index in [1.54, 1.807) is 7.11 Å². The van der Waals surface area contributed by atoms with Gasteiger partial charge < -0.3 is 20.3 Å². The van der Waals surface area contributed by atoms with Gasteiger partial charge >= 0.3 is 0 Å². The molecule has 0 aliphatic carbocycles. The molecule has 0 fully saturated rings. The Hall–Kier alpha value is -1.59. The van der Waals surface area contributed by atoms with Crippen LogP contribution in [0.1, 0.15) is 6.42 Å². The topological polar surface area (TPSA) is 53.6 Å². The first-order valence-corrected chi connectivity index (χ1v) is 6.43. The van der Waals surface area contributed by atoms with Gasteiger partial charge in [-0.05, 0) is 26.2 Å². The number of nitrogens with zero attached hydrogens (tertiary/aromatic N) is 1. The molecular weight excluding hydrogens is 242 g/mol. The van der Waals surface area contributed by atoms with Gasteiger partial charge in [0.2, 0.25) is 5.91 Å². The van der Waals surface area contributed by atoms with E-state index in [1.165, 1.54) is 0 Å². The summed E-state index contributed by atoms with van der Waals surface area (Å²) < 4.78 is 5.19. The van der Waals surface area contributed by atoms with Crippen LogP contribution < -0.4 is 15.4 Å². The molecule has 2 N–H and O–H groups in total. The van der Waals surface area contributed by atoms with Gasteiger partial charge in [0.15, 0.2) is 0 Å². The largest absolute Gasteiger partial charge is 0.495 e. The standard InChI is InChI=1S/C14H23N3O2/c1-15-9-11-17(2)10-8-14(18)16-12-6-4-5-7-13(12)19-3/h4-7,15H,8-11H2,1-3H3,(H,16,18). The fourth-order valence-corrected chi connectivity index (χ4v) is 1.67. The van der Waals surface area contributed by atoms with E-state index in [0.717, 1.165) is 19.6 Å². The second-order valence-electron chi connectivity index (χ2n) is 4.41. The molecule has 0 saturated carbocycles. The lowest BCUT2D eigenvalue weighted by atomic mass is 10.2. The summed E-state index contributed by atoms with van der Waals surface area (Å²) in [5.41, 5.74) is 0.716. The second-order valence-corrected chi connectivity index (χ2v) is 4.41. The molecule has 0 spiro atoms. The SMILES string of the molecule is CNCCN(C)CCC(=O)Nc1ccccc1OC. The van der Waals surface area contributed by atoms with Crippen LogP contribution >= 0.6 is 0 Å². The zero-order valence-electron chi connectivity index (χ0n) is 11.9. The number of para-hydroxylation sites is 2. The minimum atomic E-state index is 0.000748. The first-order chi connectivity index (χ1) is 9.17. The maximum Gasteiger partial charge on any atom is 0.225 e. The third-order valence-corrected chi connectivity index (χ3v) is 2.85. The van der Waals surface area contributed by atoms with E-state index in [1.807, 2.05) is 38.4 Å². The van der Waals surface area contributed by atoms with Crippen LogP contribution in [0.25, 0.3) is 0 Å². The minimum Gasteiger partial charge on any atom is -0.495 e. The first-order valence-electron chi connectivity index (χ1n) is 6.43. The van der Waals surface area contributed by atoms with E-state index in [4.69, 9.17) is 4.74 Å². The first kappa shape index (κ1) is 15.5. The van der Waals surface area contributed by atoms with E-state index < -0.39 is 0 Å². The lowest BCUT2D eigenvalue weighted by molar-refractivity contribution is -0.116. The van der Waals surface area contributed by atoms with Crippen molar-refractivity contribution in [2.45, 2.75) is 6.42 Å². The van der Waals surface area contributed by atoms with Gasteiger partial charge in [-0.3, -0.25) is 4.79 Å². The third kappa shape index (κ3) is 5.72. The van der Waals surface area contributed by atoms with Crippen LogP contribution in [0.4, 0.5) is 5.69 Å². The van der Waals surface area contributed by atoms with Crippen LogP contribution in [0.2, 0.25) is 0 Å². The smallest absolute Gasteiger partial charge is 0.225 e. The van der Waals surface area contributed by atoms with Crippen LogP contribution in [0.15, 0.2) is 24.3 Å². The van der Waals surface area contributed by atoms with Crippen molar-refractivity contribution in [1.82, 2.24) is 10.2 Å². The highest BCUT2D eigenvalue weighted by Gasteiger charge is 2.07. The molecule has 1 amide bonds. The van der Waals surface area contributed by atoms with E-state index in [9.17, 15) is 4.79 Å². The number of methoxy groups -OCH3 is 1. The lowest BCUT2D eigenvalue weighted by Crippen LogP contribution is -2.30. The number of benzene rings is 1. The quantitative estimate of drug-likeness (QED) is 0.741. The minimum absolute atomic E-state index is 0.000748. The summed E-state index contributed by atoms with van der Waals surface area (Å²) in [6.07, 6.45) is 0.470. The number of hydrogen-bond donors (Lipinski definition) is 2. The Balaban J connectivity index is 2.38. The second kappa shape index (κ2) is 8.50. The number of nitrogens with one attached hydrogen (secondary N) is 2. The van der Waals surface area contributed by atoms with Crippen LogP contribution in [0, 0.1) is 0 Å². The van der Waals surface area contributed by atoms with Gasteiger partial charge in [0.25, 0.3) is 0 Å². The molecule has 1 aromatic rings. The van der Waals surface area contributed by atoms with Gasteiger partial charge in [-0.1, -0.05) is 12.1 Å². The summed E-state index contributed by atoms with van der Waals surface area (Å²) >= 11 is 0. The Bertz CT molecular complexity index is 396. The van der Waals surface area contributed by atoms with Crippen molar-refractivity contribution in [3.63, 3.8) is 0 Å². The summed E-state index contributed by atoms with van der Waals surface area (Å²) in [7, 11) is 5.52. The molecule has 1 rings (SSSR count). The third-order valence-electron chi connectivity index (χ3n) is 2.85. The number of carbonyl (C=O) groups excluding carboxylic acids is 1. The fraction of sp³-hybridized carbons (Fsp3) is 0.500. The van der Waals surface area contributed by atoms with Crippen molar-refractivity contribution in [3.8, 4) is 5.75 Å². The van der Waals surface area contributed by atoms with Crippen molar-refractivity contribution in [2.75, 3.05) is 46.2 Å². The lowest BCUT2D eigenvalue weighted by Gasteiger charge is -2.16. The Kier molecular flexibility index (Phi) is 6.92. The van der Waals surface area contributed by atoms with Gasteiger partial charge in [-0.15, -0.1) is 0 Å². The van der Waals surface area contributed by atoms with Gasteiger partial charge in [-0.2, -0.15) is 0 Å². The summed E-state index contributed by atoms with van der Waals surface area (Å²) in [4.78, 5) is 14.0. The number of ether oxygens (including phenoxy) is 1. The molecule has 0 saturated heterocycles. The summed E-state index contributed by atoms with van der Waals surface area (Å²) in [5.74, 6) is 0.681. The van der Waals surface area contributed by atoms with Crippen molar-refractivity contribution in [3.05, 3.63) is 24.3 Å². The fourth-order valence-electron chi connectivity index (χ4n) is 1.67. The van der Waals surface area contributed by atoms with Crippen LogP contribution in [0.3, 0.4) is 0 Å². The number of likely N-dealkylation sites (N-methyl/N-ethyl adjacent to an activating group) is 2. The molecule has 0 aromatic heterocycles. The number of rotatable bonds is 8. The molecule has 5 heteroatoms. The molecule has 1 aromatic carbocycles.